The standard InChI is InChI=1S/C50H35NO/c1-4-16-36(17-5-1)40-22-14-23-41(34-40)37-30-32-43(33-31-37)51(47-28-12-10-26-45(47)38-18-6-2-7-19-38)44-25-15-24-42(35-44)50-49(39-20-8-3-9-21-39)46-27-11-13-29-48(46)52-50/h1-35H. The number of hydrogen-bond donors (Lipinski definition) is 0. The largest absolute Gasteiger partial charge is 0.455 e. The molecule has 1 aromatic heterocycles. The van der Waals surface area contributed by atoms with Crippen molar-refractivity contribution >= 4 is 28.0 Å². The van der Waals surface area contributed by atoms with Crippen molar-refractivity contribution in [2.45, 2.75) is 0 Å². The van der Waals surface area contributed by atoms with Crippen molar-refractivity contribution in [1.29, 1.82) is 0 Å². The molecule has 0 N–H and O–H groups in total. The molecule has 0 unspecified atom stereocenters. The van der Waals surface area contributed by atoms with Crippen LogP contribution in [0.15, 0.2) is 217 Å². The van der Waals surface area contributed by atoms with E-state index in [9.17, 15) is 0 Å². The fourth-order valence-corrected chi connectivity index (χ4v) is 7.20. The maximum Gasteiger partial charge on any atom is 0.143 e. The van der Waals surface area contributed by atoms with Crippen LogP contribution < -0.4 is 4.90 Å². The zero-order chi connectivity index (χ0) is 34.7. The summed E-state index contributed by atoms with van der Waals surface area (Å²) >= 11 is 0. The van der Waals surface area contributed by atoms with Gasteiger partial charge in [0.05, 0.1) is 5.69 Å². The summed E-state index contributed by atoms with van der Waals surface area (Å²) in [4.78, 5) is 2.36. The summed E-state index contributed by atoms with van der Waals surface area (Å²) in [5, 5.41) is 1.10. The minimum atomic E-state index is 0.860. The van der Waals surface area contributed by atoms with Crippen molar-refractivity contribution in [3.63, 3.8) is 0 Å². The van der Waals surface area contributed by atoms with Crippen molar-refractivity contribution in [3.8, 4) is 55.8 Å². The molecular formula is C50H35NO. The molecule has 0 amide bonds. The maximum absolute atomic E-state index is 6.67. The van der Waals surface area contributed by atoms with E-state index in [1.54, 1.807) is 0 Å². The lowest BCUT2D eigenvalue weighted by Crippen LogP contribution is -2.11. The highest BCUT2D eigenvalue weighted by Crippen LogP contribution is 2.45. The van der Waals surface area contributed by atoms with Gasteiger partial charge in [0.1, 0.15) is 11.3 Å². The number of nitrogens with zero attached hydrogens (tertiary/aromatic N) is 1. The van der Waals surface area contributed by atoms with Crippen LogP contribution in [0.1, 0.15) is 0 Å². The molecule has 0 spiro atoms. The summed E-state index contributed by atoms with van der Waals surface area (Å²) in [6.07, 6.45) is 0. The molecule has 9 aromatic rings. The Bertz CT molecular complexity index is 2610. The quantitative estimate of drug-likeness (QED) is 0.161. The van der Waals surface area contributed by atoms with Gasteiger partial charge in [-0.05, 0) is 75.8 Å². The molecule has 0 radical (unpaired) electrons. The smallest absolute Gasteiger partial charge is 0.143 e. The van der Waals surface area contributed by atoms with Crippen LogP contribution in [0.3, 0.4) is 0 Å². The summed E-state index contributed by atoms with van der Waals surface area (Å²) < 4.78 is 6.67. The van der Waals surface area contributed by atoms with E-state index >= 15 is 0 Å². The van der Waals surface area contributed by atoms with Gasteiger partial charge in [-0.1, -0.05) is 170 Å². The van der Waals surface area contributed by atoms with E-state index in [0.29, 0.717) is 0 Å². The molecule has 0 aliphatic carbocycles. The summed E-state index contributed by atoms with van der Waals surface area (Å²) in [7, 11) is 0. The van der Waals surface area contributed by atoms with Gasteiger partial charge in [0.25, 0.3) is 0 Å². The van der Waals surface area contributed by atoms with Crippen LogP contribution in [0.4, 0.5) is 17.1 Å². The molecule has 0 aliphatic rings. The van der Waals surface area contributed by atoms with E-state index in [4.69, 9.17) is 4.42 Å². The van der Waals surface area contributed by atoms with Crippen molar-refractivity contribution in [2.75, 3.05) is 4.90 Å². The monoisotopic (exact) mass is 665 g/mol. The van der Waals surface area contributed by atoms with Crippen molar-refractivity contribution in [2.24, 2.45) is 0 Å². The first-order valence-electron chi connectivity index (χ1n) is 17.7. The van der Waals surface area contributed by atoms with Crippen LogP contribution in [0.5, 0.6) is 0 Å². The molecule has 2 heteroatoms. The molecule has 0 atom stereocenters. The van der Waals surface area contributed by atoms with Gasteiger partial charge in [-0.15, -0.1) is 0 Å². The highest BCUT2D eigenvalue weighted by atomic mass is 16.3. The molecule has 0 saturated carbocycles. The van der Waals surface area contributed by atoms with Gasteiger partial charge in [-0.3, -0.25) is 0 Å². The second-order valence-electron chi connectivity index (χ2n) is 12.9. The number of furan rings is 1. The van der Waals surface area contributed by atoms with E-state index in [-0.39, 0.29) is 0 Å². The highest BCUT2D eigenvalue weighted by Gasteiger charge is 2.21. The molecule has 0 aliphatic heterocycles. The van der Waals surface area contributed by atoms with Crippen LogP contribution in [-0.2, 0) is 0 Å². The van der Waals surface area contributed by atoms with Crippen molar-refractivity contribution in [1.82, 2.24) is 0 Å². The first-order chi connectivity index (χ1) is 25.8. The lowest BCUT2D eigenvalue weighted by atomic mass is 9.97. The summed E-state index contributed by atoms with van der Waals surface area (Å²) in [5.74, 6) is 0.860. The Labute approximate surface area is 304 Å². The van der Waals surface area contributed by atoms with Crippen molar-refractivity contribution in [3.05, 3.63) is 212 Å². The molecule has 0 saturated heterocycles. The van der Waals surface area contributed by atoms with Crippen LogP contribution >= 0.6 is 0 Å². The second kappa shape index (κ2) is 13.8. The lowest BCUT2D eigenvalue weighted by Gasteiger charge is -2.28. The molecule has 1 heterocycles. The lowest BCUT2D eigenvalue weighted by molar-refractivity contribution is 0.632. The Hall–Kier alpha value is -6.90. The number of para-hydroxylation sites is 2. The fourth-order valence-electron chi connectivity index (χ4n) is 7.20. The Morgan fingerprint density at radius 3 is 1.60 bits per heavy atom. The number of hydrogen-bond acceptors (Lipinski definition) is 2. The van der Waals surface area contributed by atoms with E-state index in [0.717, 1.165) is 61.6 Å². The topological polar surface area (TPSA) is 16.4 Å². The molecule has 8 aromatic carbocycles. The van der Waals surface area contributed by atoms with Crippen LogP contribution in [0.2, 0.25) is 0 Å². The average molecular weight is 666 g/mol. The fraction of sp³-hybridized carbons (Fsp3) is 0. The summed E-state index contributed by atoms with van der Waals surface area (Å²) in [6.45, 7) is 0. The molecule has 0 fully saturated rings. The minimum absolute atomic E-state index is 0.860. The Kier molecular flexibility index (Phi) is 8.24. The van der Waals surface area contributed by atoms with Crippen molar-refractivity contribution < 1.29 is 4.42 Å². The second-order valence-corrected chi connectivity index (χ2v) is 12.9. The van der Waals surface area contributed by atoms with Gasteiger partial charge in [-0.2, -0.15) is 0 Å². The average Bonchev–Trinajstić information content (AvgIpc) is 3.63. The molecule has 246 valence electrons. The summed E-state index contributed by atoms with van der Waals surface area (Å²) in [5.41, 5.74) is 14.4. The number of fused-ring (bicyclic) bond motifs is 1. The van der Waals surface area contributed by atoms with Gasteiger partial charge < -0.3 is 9.32 Å². The van der Waals surface area contributed by atoms with Gasteiger partial charge in [-0.25, -0.2) is 0 Å². The van der Waals surface area contributed by atoms with Gasteiger partial charge in [0.2, 0.25) is 0 Å². The van der Waals surface area contributed by atoms with Crippen LogP contribution in [-0.4, -0.2) is 0 Å². The van der Waals surface area contributed by atoms with E-state index in [1.807, 2.05) is 6.07 Å². The molecule has 0 bridgehead atoms. The van der Waals surface area contributed by atoms with Crippen LogP contribution in [0, 0.1) is 0 Å². The van der Waals surface area contributed by atoms with E-state index in [1.165, 1.54) is 22.3 Å². The normalized spacial score (nSPS) is 11.1. The van der Waals surface area contributed by atoms with E-state index < -0.39 is 0 Å². The predicted molar refractivity (Wildman–Crippen MR) is 218 cm³/mol. The number of benzene rings is 8. The zero-order valence-corrected chi connectivity index (χ0v) is 28.6. The van der Waals surface area contributed by atoms with Gasteiger partial charge in [0, 0.05) is 33.5 Å². The van der Waals surface area contributed by atoms with Gasteiger partial charge >= 0.3 is 0 Å². The first kappa shape index (κ1) is 31.1. The molecule has 9 rings (SSSR count). The minimum Gasteiger partial charge on any atom is -0.455 e. The number of rotatable bonds is 8. The number of anilines is 3. The highest BCUT2D eigenvalue weighted by molar-refractivity contribution is 6.02. The maximum atomic E-state index is 6.67. The SMILES string of the molecule is c1ccc(-c2cccc(-c3ccc(N(c4cccc(-c5oc6ccccc6c5-c5ccccc5)c4)c4ccccc4-c4ccccc4)cc3)c2)cc1. The third-order valence-corrected chi connectivity index (χ3v) is 9.68. The Morgan fingerprint density at radius 2 is 0.865 bits per heavy atom. The third-order valence-electron chi connectivity index (χ3n) is 9.68. The Morgan fingerprint density at radius 1 is 0.327 bits per heavy atom. The Balaban J connectivity index is 1.19. The van der Waals surface area contributed by atoms with Gasteiger partial charge in [0.15, 0.2) is 0 Å². The zero-order valence-electron chi connectivity index (χ0n) is 28.6. The van der Waals surface area contributed by atoms with Crippen LogP contribution in [0.25, 0.3) is 66.8 Å². The molecule has 52 heavy (non-hydrogen) atoms. The third kappa shape index (κ3) is 5.97. The molecule has 2 nitrogen and oxygen atoms in total. The predicted octanol–water partition coefficient (Wildman–Crippen LogP) is 14.2. The first-order valence-corrected chi connectivity index (χ1v) is 17.7. The van der Waals surface area contributed by atoms with E-state index in [2.05, 4.69) is 211 Å². The summed E-state index contributed by atoms with van der Waals surface area (Å²) in [6, 6.07) is 75.1. The molecular weight excluding hydrogens is 631 g/mol.